The summed E-state index contributed by atoms with van der Waals surface area (Å²) in [5.74, 6) is 0. The van der Waals surface area contributed by atoms with E-state index < -0.39 is 21.2 Å². The number of hydrogen-bond acceptors (Lipinski definition) is 4. The van der Waals surface area contributed by atoms with Crippen LogP contribution in [0, 0.1) is 0 Å². The minimum absolute atomic E-state index is 0.276. The first-order valence-corrected chi connectivity index (χ1v) is 8.03. The molecule has 0 aliphatic carbocycles. The molecule has 0 aromatic rings. The first kappa shape index (κ1) is 14.2. The van der Waals surface area contributed by atoms with E-state index in [-0.39, 0.29) is 5.25 Å². The van der Waals surface area contributed by atoms with Crippen LogP contribution in [-0.2, 0) is 14.8 Å². The maximum atomic E-state index is 12.6. The molecule has 18 heavy (non-hydrogen) atoms. The molecular formula is C12H24N2O3S. The van der Waals surface area contributed by atoms with Gasteiger partial charge in [0.2, 0.25) is 10.0 Å². The van der Waals surface area contributed by atoms with E-state index in [1.165, 1.54) is 0 Å². The third kappa shape index (κ3) is 2.87. The van der Waals surface area contributed by atoms with Crippen molar-refractivity contribution >= 4 is 10.0 Å². The van der Waals surface area contributed by atoms with Gasteiger partial charge in [-0.2, -0.15) is 4.31 Å². The van der Waals surface area contributed by atoms with Gasteiger partial charge in [-0.05, 0) is 40.7 Å². The van der Waals surface area contributed by atoms with Gasteiger partial charge >= 0.3 is 0 Å². The van der Waals surface area contributed by atoms with Crippen LogP contribution in [0.15, 0.2) is 0 Å². The highest BCUT2D eigenvalue weighted by molar-refractivity contribution is 7.89. The molecule has 1 N–H and O–H groups in total. The van der Waals surface area contributed by atoms with E-state index >= 15 is 0 Å². The molecule has 2 rings (SSSR count). The summed E-state index contributed by atoms with van der Waals surface area (Å²) in [5.41, 5.74) is -0.859. The van der Waals surface area contributed by atoms with Gasteiger partial charge in [-0.3, -0.25) is 0 Å². The molecule has 2 aliphatic rings. The van der Waals surface area contributed by atoms with Crippen LogP contribution >= 0.6 is 0 Å². The minimum Gasteiger partial charge on any atom is -0.367 e. The van der Waals surface area contributed by atoms with E-state index in [2.05, 4.69) is 5.32 Å². The standard InChI is InChI=1S/C12H24N2O3S/c1-11(2)8-14(9-12(3,4)17-11)18(15,16)10-5-6-13-7-10/h10,13H,5-9H2,1-4H3. The van der Waals surface area contributed by atoms with E-state index in [4.69, 9.17) is 4.74 Å². The lowest BCUT2D eigenvalue weighted by Crippen LogP contribution is -2.60. The first-order valence-electron chi connectivity index (χ1n) is 6.52. The SMILES string of the molecule is CC1(C)CN(S(=O)(=O)C2CCNC2)CC(C)(C)O1. The fraction of sp³-hybridized carbons (Fsp3) is 1.00. The molecular weight excluding hydrogens is 252 g/mol. The Kier molecular flexibility index (Phi) is 3.51. The summed E-state index contributed by atoms with van der Waals surface area (Å²) < 4.78 is 32.7. The van der Waals surface area contributed by atoms with Crippen molar-refractivity contribution in [1.82, 2.24) is 9.62 Å². The van der Waals surface area contributed by atoms with Crippen molar-refractivity contribution in [3.8, 4) is 0 Å². The topological polar surface area (TPSA) is 58.6 Å². The van der Waals surface area contributed by atoms with E-state index in [1.54, 1.807) is 4.31 Å². The van der Waals surface area contributed by atoms with Gasteiger partial charge in [0.1, 0.15) is 0 Å². The van der Waals surface area contributed by atoms with Gasteiger partial charge in [0.15, 0.2) is 0 Å². The van der Waals surface area contributed by atoms with Crippen molar-refractivity contribution < 1.29 is 13.2 Å². The Morgan fingerprint density at radius 2 is 1.72 bits per heavy atom. The van der Waals surface area contributed by atoms with Gasteiger partial charge in [0, 0.05) is 19.6 Å². The van der Waals surface area contributed by atoms with Crippen LogP contribution in [-0.4, -0.2) is 55.4 Å². The molecule has 0 saturated carbocycles. The van der Waals surface area contributed by atoms with Crippen LogP contribution in [0.25, 0.3) is 0 Å². The smallest absolute Gasteiger partial charge is 0.218 e. The number of sulfonamides is 1. The molecule has 2 heterocycles. The lowest BCUT2D eigenvalue weighted by molar-refractivity contribution is -0.164. The zero-order valence-electron chi connectivity index (χ0n) is 11.7. The van der Waals surface area contributed by atoms with Crippen LogP contribution in [0.4, 0.5) is 0 Å². The maximum absolute atomic E-state index is 12.6. The van der Waals surface area contributed by atoms with Crippen molar-refractivity contribution in [2.45, 2.75) is 50.6 Å². The summed E-state index contributed by atoms with van der Waals surface area (Å²) in [5, 5.41) is 2.85. The number of ether oxygens (including phenoxy) is 1. The number of hydrogen-bond donors (Lipinski definition) is 1. The minimum atomic E-state index is -3.21. The highest BCUT2D eigenvalue weighted by Gasteiger charge is 2.45. The first-order chi connectivity index (χ1) is 8.12. The molecule has 2 aliphatic heterocycles. The second-order valence-electron chi connectivity index (χ2n) is 6.55. The Morgan fingerprint density at radius 1 is 1.17 bits per heavy atom. The molecule has 106 valence electrons. The summed E-state index contributed by atoms with van der Waals surface area (Å²) in [6, 6.07) is 0. The zero-order valence-corrected chi connectivity index (χ0v) is 12.5. The van der Waals surface area contributed by atoms with Gasteiger partial charge in [-0.15, -0.1) is 0 Å². The van der Waals surface area contributed by atoms with Crippen molar-refractivity contribution in [1.29, 1.82) is 0 Å². The fourth-order valence-corrected chi connectivity index (χ4v) is 5.14. The number of nitrogens with one attached hydrogen (secondary N) is 1. The van der Waals surface area contributed by atoms with Crippen LogP contribution in [0.1, 0.15) is 34.1 Å². The van der Waals surface area contributed by atoms with Crippen LogP contribution in [0.2, 0.25) is 0 Å². The van der Waals surface area contributed by atoms with E-state index in [0.29, 0.717) is 26.1 Å². The van der Waals surface area contributed by atoms with Crippen molar-refractivity contribution in [2.24, 2.45) is 0 Å². The molecule has 0 spiro atoms. The summed E-state index contributed by atoms with van der Waals surface area (Å²) >= 11 is 0. The number of nitrogens with zero attached hydrogens (tertiary/aromatic N) is 1. The Hall–Kier alpha value is -0.170. The van der Waals surface area contributed by atoms with Gasteiger partial charge in [-0.1, -0.05) is 0 Å². The largest absolute Gasteiger partial charge is 0.367 e. The van der Waals surface area contributed by atoms with Crippen molar-refractivity contribution in [3.05, 3.63) is 0 Å². The normalized spacial score (nSPS) is 32.6. The molecule has 1 unspecified atom stereocenters. The lowest BCUT2D eigenvalue weighted by Gasteiger charge is -2.46. The van der Waals surface area contributed by atoms with Crippen molar-refractivity contribution in [2.75, 3.05) is 26.2 Å². The Bertz CT molecular complexity index is 395. The Morgan fingerprint density at radius 3 is 2.17 bits per heavy atom. The van der Waals surface area contributed by atoms with Gasteiger partial charge in [0.05, 0.1) is 16.5 Å². The van der Waals surface area contributed by atoms with Gasteiger partial charge in [0.25, 0.3) is 0 Å². The molecule has 2 saturated heterocycles. The molecule has 0 amide bonds. The quantitative estimate of drug-likeness (QED) is 0.801. The van der Waals surface area contributed by atoms with Crippen LogP contribution < -0.4 is 5.32 Å². The second-order valence-corrected chi connectivity index (χ2v) is 8.76. The third-order valence-corrected chi connectivity index (χ3v) is 5.69. The summed E-state index contributed by atoms with van der Waals surface area (Å²) in [7, 11) is -3.21. The summed E-state index contributed by atoms with van der Waals surface area (Å²) in [6.45, 7) is 10.0. The van der Waals surface area contributed by atoms with E-state index in [0.717, 1.165) is 6.54 Å². The zero-order chi connectivity index (χ0) is 13.6. The van der Waals surface area contributed by atoms with Gasteiger partial charge in [-0.25, -0.2) is 8.42 Å². The molecule has 6 heteroatoms. The van der Waals surface area contributed by atoms with E-state index in [1.807, 2.05) is 27.7 Å². The van der Waals surface area contributed by atoms with Crippen LogP contribution in [0.3, 0.4) is 0 Å². The lowest BCUT2D eigenvalue weighted by atomic mass is 10.0. The molecule has 5 nitrogen and oxygen atoms in total. The monoisotopic (exact) mass is 276 g/mol. The second kappa shape index (κ2) is 4.44. The molecule has 0 radical (unpaired) electrons. The average Bonchev–Trinajstić information content (AvgIpc) is 2.65. The molecule has 0 aromatic heterocycles. The molecule has 2 fully saturated rings. The number of rotatable bonds is 2. The molecule has 0 bridgehead atoms. The van der Waals surface area contributed by atoms with Gasteiger partial charge < -0.3 is 10.1 Å². The van der Waals surface area contributed by atoms with Crippen LogP contribution in [0.5, 0.6) is 0 Å². The predicted molar refractivity (Wildman–Crippen MR) is 71.0 cm³/mol. The van der Waals surface area contributed by atoms with E-state index in [9.17, 15) is 8.42 Å². The average molecular weight is 276 g/mol. The summed E-state index contributed by atoms with van der Waals surface area (Å²) in [4.78, 5) is 0. The highest BCUT2D eigenvalue weighted by atomic mass is 32.2. The fourth-order valence-electron chi connectivity index (χ4n) is 2.99. The number of morpholine rings is 1. The predicted octanol–water partition coefficient (Wildman–Crippen LogP) is 0.568. The van der Waals surface area contributed by atoms with Crippen molar-refractivity contribution in [3.63, 3.8) is 0 Å². The maximum Gasteiger partial charge on any atom is 0.218 e. The Labute approximate surface area is 110 Å². The highest BCUT2D eigenvalue weighted by Crippen LogP contribution is 2.31. The third-order valence-electron chi connectivity index (χ3n) is 3.46. The molecule has 1 atom stereocenters. The molecule has 0 aromatic carbocycles. The Balaban J connectivity index is 2.21. The summed E-state index contributed by atoms with van der Waals surface area (Å²) in [6.07, 6.45) is 0.709.